The minimum Gasteiger partial charge on any atom is -0.333 e. The Kier molecular flexibility index (Phi) is 7.41. The predicted octanol–water partition coefficient (Wildman–Crippen LogP) is 0.148. The lowest BCUT2D eigenvalue weighted by Crippen LogP contribution is -3.28. The van der Waals surface area contributed by atoms with Crippen molar-refractivity contribution < 1.29 is 14.6 Å². The van der Waals surface area contributed by atoms with E-state index >= 15 is 0 Å². The zero-order valence-corrected chi connectivity index (χ0v) is 17.6. The van der Waals surface area contributed by atoms with Crippen molar-refractivity contribution in [2.45, 2.75) is 52.6 Å². The Morgan fingerprint density at radius 2 is 1.67 bits per heavy atom. The molecule has 1 atom stereocenters. The fraction of sp³-hybridized carbons (Fsp3) is 0.636. The molecule has 0 radical (unpaired) electrons. The molecule has 0 aromatic heterocycles. The molecule has 1 amide bonds. The molecule has 0 bridgehead atoms. The van der Waals surface area contributed by atoms with E-state index in [0.717, 1.165) is 32.7 Å². The van der Waals surface area contributed by atoms with E-state index in [2.05, 4.69) is 49.5 Å². The van der Waals surface area contributed by atoms with Gasteiger partial charge in [-0.3, -0.25) is 4.79 Å². The quantitative estimate of drug-likeness (QED) is 0.638. The monoisotopic (exact) mass is 372 g/mol. The number of carbonyl (C=O) groups is 1. The molecule has 0 saturated carbocycles. The van der Waals surface area contributed by atoms with E-state index in [1.54, 1.807) is 11.8 Å². The molecule has 1 heterocycles. The van der Waals surface area contributed by atoms with Crippen molar-refractivity contribution in [2.24, 2.45) is 5.92 Å². The molecule has 1 aromatic carbocycles. The van der Waals surface area contributed by atoms with Gasteiger partial charge in [0.15, 0.2) is 6.54 Å². The van der Waals surface area contributed by atoms with Gasteiger partial charge in [-0.15, -0.1) is 0 Å². The number of nitrogens with one attached hydrogen (secondary N) is 3. The highest BCUT2D eigenvalue weighted by molar-refractivity contribution is 5.78. The summed E-state index contributed by atoms with van der Waals surface area (Å²) in [6.45, 7) is 15.8. The Bertz CT molecular complexity index is 654. The number of nitrogens with zero attached hydrogens (tertiary/aromatic N) is 1. The number of hydrogen-bond donors (Lipinski definition) is 3. The number of amides is 1. The van der Waals surface area contributed by atoms with Crippen molar-refractivity contribution in [2.75, 3.05) is 32.7 Å². The minimum atomic E-state index is -0.786. The maximum atomic E-state index is 12.4. The molecule has 1 fully saturated rings. The van der Waals surface area contributed by atoms with Gasteiger partial charge in [-0.2, -0.15) is 5.26 Å². The molecule has 0 unspecified atom stereocenters. The summed E-state index contributed by atoms with van der Waals surface area (Å²) in [7, 11) is 0. The molecule has 1 saturated heterocycles. The van der Waals surface area contributed by atoms with Gasteiger partial charge in [-0.05, 0) is 24.3 Å². The van der Waals surface area contributed by atoms with Crippen LogP contribution in [0.4, 0.5) is 0 Å². The van der Waals surface area contributed by atoms with Crippen LogP contribution in [0.5, 0.6) is 0 Å². The van der Waals surface area contributed by atoms with Crippen molar-refractivity contribution in [3.8, 4) is 6.07 Å². The van der Waals surface area contributed by atoms with Crippen LogP contribution in [0.15, 0.2) is 24.3 Å². The zero-order valence-electron chi connectivity index (χ0n) is 17.6. The lowest BCUT2D eigenvalue weighted by atomic mass is 9.90. The average Bonchev–Trinajstić information content (AvgIpc) is 2.63. The van der Waals surface area contributed by atoms with Gasteiger partial charge < -0.3 is 15.1 Å². The second-order valence-electron chi connectivity index (χ2n) is 8.77. The lowest BCUT2D eigenvalue weighted by Gasteiger charge is -2.31. The number of piperazine rings is 1. The largest absolute Gasteiger partial charge is 0.333 e. The normalized spacial score (nSPS) is 22.3. The fourth-order valence-electron chi connectivity index (χ4n) is 3.48. The molecule has 148 valence electrons. The summed E-state index contributed by atoms with van der Waals surface area (Å²) in [5.41, 5.74) is 1.99. The first-order valence-corrected chi connectivity index (χ1v) is 10.2. The van der Waals surface area contributed by atoms with Gasteiger partial charge in [0.1, 0.15) is 38.3 Å². The number of benzene rings is 1. The zero-order chi connectivity index (χ0) is 20.0. The second kappa shape index (κ2) is 9.34. The van der Waals surface area contributed by atoms with Crippen LogP contribution in [0.25, 0.3) is 0 Å². The SMILES string of the molecule is CC(C)c1ccc(C[NH+]2CC[NH+](CC(=O)N[C@](C)(C#N)C(C)C)CC2)cc1. The molecule has 0 spiro atoms. The summed E-state index contributed by atoms with van der Waals surface area (Å²) >= 11 is 0. The Balaban J connectivity index is 1.78. The standard InChI is InChI=1S/C22H34N4O/c1-17(2)20-8-6-19(7-9-20)14-25-10-12-26(13-11-25)15-21(27)24-22(5,16-23)18(3)4/h6-9,17-18H,10-15H2,1-5H3,(H,24,27)/p+2/t22-/m1/s1. The van der Waals surface area contributed by atoms with Gasteiger partial charge in [0, 0.05) is 5.56 Å². The van der Waals surface area contributed by atoms with Gasteiger partial charge in [-0.25, -0.2) is 0 Å². The first kappa shape index (κ1) is 21.4. The van der Waals surface area contributed by atoms with Crippen molar-refractivity contribution >= 4 is 5.91 Å². The molecular weight excluding hydrogens is 336 g/mol. The Morgan fingerprint density at radius 3 is 2.15 bits per heavy atom. The molecule has 27 heavy (non-hydrogen) atoms. The molecule has 5 nitrogen and oxygen atoms in total. The topological polar surface area (TPSA) is 61.8 Å². The van der Waals surface area contributed by atoms with E-state index in [0.29, 0.717) is 12.5 Å². The molecular formula is C22H36N4O+2. The van der Waals surface area contributed by atoms with Gasteiger partial charge in [-0.1, -0.05) is 52.0 Å². The van der Waals surface area contributed by atoms with Crippen molar-refractivity contribution in [1.29, 1.82) is 5.26 Å². The van der Waals surface area contributed by atoms with Crippen molar-refractivity contribution in [3.63, 3.8) is 0 Å². The summed E-state index contributed by atoms with van der Waals surface area (Å²) in [6, 6.07) is 11.2. The van der Waals surface area contributed by atoms with Crippen LogP contribution < -0.4 is 15.1 Å². The fourth-order valence-corrected chi connectivity index (χ4v) is 3.48. The minimum absolute atomic E-state index is 0.0181. The van der Waals surface area contributed by atoms with Crippen LogP contribution in [-0.2, 0) is 11.3 Å². The summed E-state index contributed by atoms with van der Waals surface area (Å²) in [5.74, 6) is 0.642. The Morgan fingerprint density at radius 1 is 1.11 bits per heavy atom. The summed E-state index contributed by atoms with van der Waals surface area (Å²) in [4.78, 5) is 15.3. The van der Waals surface area contributed by atoms with E-state index in [4.69, 9.17) is 0 Å². The Labute approximate surface area is 164 Å². The third-order valence-electron chi connectivity index (χ3n) is 5.96. The lowest BCUT2D eigenvalue weighted by molar-refractivity contribution is -1.02. The van der Waals surface area contributed by atoms with Crippen LogP contribution in [0, 0.1) is 17.2 Å². The maximum Gasteiger partial charge on any atom is 0.276 e. The van der Waals surface area contributed by atoms with Crippen LogP contribution >= 0.6 is 0 Å². The third kappa shape index (κ3) is 6.05. The number of nitriles is 1. The van der Waals surface area contributed by atoms with E-state index in [9.17, 15) is 10.1 Å². The average molecular weight is 373 g/mol. The highest BCUT2D eigenvalue weighted by Crippen LogP contribution is 2.15. The maximum absolute atomic E-state index is 12.4. The van der Waals surface area contributed by atoms with Crippen molar-refractivity contribution in [3.05, 3.63) is 35.4 Å². The van der Waals surface area contributed by atoms with Gasteiger partial charge in [0.25, 0.3) is 5.91 Å². The smallest absolute Gasteiger partial charge is 0.276 e. The van der Waals surface area contributed by atoms with Gasteiger partial charge in [0.2, 0.25) is 0 Å². The van der Waals surface area contributed by atoms with Crippen LogP contribution in [0.1, 0.15) is 51.7 Å². The van der Waals surface area contributed by atoms with Crippen LogP contribution in [0.2, 0.25) is 0 Å². The summed E-state index contributed by atoms with van der Waals surface area (Å²) in [6.07, 6.45) is 0. The van der Waals surface area contributed by atoms with Crippen LogP contribution in [0.3, 0.4) is 0 Å². The summed E-state index contributed by atoms with van der Waals surface area (Å²) in [5, 5.41) is 12.3. The van der Waals surface area contributed by atoms with Gasteiger partial charge in [0.05, 0.1) is 6.07 Å². The van der Waals surface area contributed by atoms with E-state index in [-0.39, 0.29) is 11.8 Å². The molecule has 0 aliphatic carbocycles. The van der Waals surface area contributed by atoms with E-state index in [1.165, 1.54) is 16.0 Å². The molecule has 1 aliphatic heterocycles. The molecule has 5 heteroatoms. The number of hydrogen-bond acceptors (Lipinski definition) is 2. The number of quaternary nitrogens is 2. The van der Waals surface area contributed by atoms with Gasteiger partial charge >= 0.3 is 0 Å². The summed E-state index contributed by atoms with van der Waals surface area (Å²) < 4.78 is 0. The highest BCUT2D eigenvalue weighted by atomic mass is 16.2. The number of carbonyl (C=O) groups excluding carboxylic acids is 1. The second-order valence-corrected chi connectivity index (χ2v) is 8.77. The van der Waals surface area contributed by atoms with E-state index < -0.39 is 5.54 Å². The first-order valence-electron chi connectivity index (χ1n) is 10.2. The Hall–Kier alpha value is -1.90. The number of rotatable bonds is 7. The predicted molar refractivity (Wildman–Crippen MR) is 107 cm³/mol. The molecule has 2 rings (SSSR count). The molecule has 1 aromatic rings. The molecule has 1 aliphatic rings. The molecule has 3 N–H and O–H groups in total. The first-order chi connectivity index (χ1) is 12.7. The van der Waals surface area contributed by atoms with E-state index in [1.807, 2.05) is 13.8 Å². The van der Waals surface area contributed by atoms with Crippen LogP contribution in [-0.4, -0.2) is 44.2 Å². The third-order valence-corrected chi connectivity index (χ3v) is 5.96. The van der Waals surface area contributed by atoms with Crippen molar-refractivity contribution in [1.82, 2.24) is 5.32 Å². The highest BCUT2D eigenvalue weighted by Gasteiger charge is 2.32.